The number of benzene rings is 2. The fourth-order valence-electron chi connectivity index (χ4n) is 2.21. The lowest BCUT2D eigenvalue weighted by molar-refractivity contribution is 0.564. The maximum absolute atomic E-state index is 10.5. The molecule has 2 rings (SSSR count). The van der Waals surface area contributed by atoms with Crippen molar-refractivity contribution in [3.05, 3.63) is 53.1 Å². The summed E-state index contributed by atoms with van der Waals surface area (Å²) in [5, 5.41) is 0. The Morgan fingerprint density at radius 3 is 1.91 bits per heavy atom. The molecule has 0 aliphatic carbocycles. The molecule has 0 heterocycles. The number of para-hydroxylation sites is 1. The first kappa shape index (κ1) is 16.0. The summed E-state index contributed by atoms with van der Waals surface area (Å²) < 4.78 is 0. The molecule has 0 spiro atoms. The number of rotatable bonds is 5. The molecule has 0 N–H and O–H groups in total. The van der Waals surface area contributed by atoms with E-state index < -0.39 is 0 Å². The quantitative estimate of drug-likeness (QED) is 0.625. The summed E-state index contributed by atoms with van der Waals surface area (Å²) in [7, 11) is 0. The third-order valence-corrected chi connectivity index (χ3v) is 3.30. The molecule has 0 aliphatic heterocycles. The number of isocyanates is 3. The lowest BCUT2D eigenvalue weighted by Crippen LogP contribution is -1.90. The van der Waals surface area contributed by atoms with Crippen molar-refractivity contribution in [2.75, 3.05) is 0 Å². The van der Waals surface area contributed by atoms with Crippen molar-refractivity contribution < 1.29 is 14.4 Å². The molecule has 0 unspecified atom stereocenters. The number of aliphatic imine (C=N–C) groups is 3. The van der Waals surface area contributed by atoms with Crippen molar-refractivity contribution >= 4 is 35.3 Å². The lowest BCUT2D eigenvalue weighted by Gasteiger charge is -2.09. The van der Waals surface area contributed by atoms with Crippen LogP contribution >= 0.6 is 0 Å². The Labute approximate surface area is 131 Å². The molecule has 6 nitrogen and oxygen atoms in total. The minimum atomic E-state index is 0.378. The van der Waals surface area contributed by atoms with Crippen molar-refractivity contribution in [1.29, 1.82) is 0 Å². The Bertz CT molecular complexity index is 847. The fraction of sp³-hybridized carbons (Fsp3) is 0.118. The van der Waals surface area contributed by atoms with Crippen LogP contribution in [0.25, 0.3) is 0 Å². The number of hydrogen-bond donors (Lipinski definition) is 0. The maximum Gasteiger partial charge on any atom is 0.240 e. The highest BCUT2D eigenvalue weighted by atomic mass is 16.1. The Kier molecular flexibility index (Phi) is 5.24. The van der Waals surface area contributed by atoms with Gasteiger partial charge in [0.05, 0.1) is 17.1 Å². The molecule has 2 aromatic carbocycles. The first-order valence-corrected chi connectivity index (χ1v) is 6.64. The van der Waals surface area contributed by atoms with Crippen molar-refractivity contribution in [3.8, 4) is 0 Å². The van der Waals surface area contributed by atoms with E-state index in [0.29, 0.717) is 29.0 Å². The van der Waals surface area contributed by atoms with Crippen molar-refractivity contribution in [2.24, 2.45) is 15.0 Å². The van der Waals surface area contributed by atoms with Gasteiger partial charge in [-0.25, -0.2) is 14.4 Å². The number of hydrogen-bond acceptors (Lipinski definition) is 6. The van der Waals surface area contributed by atoms with Gasteiger partial charge in [-0.2, -0.15) is 15.0 Å². The van der Waals surface area contributed by atoms with Gasteiger partial charge in [-0.1, -0.05) is 18.2 Å². The van der Waals surface area contributed by atoms with Crippen LogP contribution in [0.2, 0.25) is 0 Å². The molecule has 0 bridgehead atoms. The Morgan fingerprint density at radius 1 is 0.826 bits per heavy atom. The van der Waals surface area contributed by atoms with Crippen LogP contribution in [0, 0.1) is 6.92 Å². The van der Waals surface area contributed by atoms with Crippen molar-refractivity contribution in [1.82, 2.24) is 0 Å². The van der Waals surface area contributed by atoms with E-state index in [1.165, 1.54) is 18.2 Å². The molecule has 0 radical (unpaired) electrons. The molecule has 0 saturated carbocycles. The molecule has 2 aromatic rings. The van der Waals surface area contributed by atoms with Crippen LogP contribution in [0.3, 0.4) is 0 Å². The number of carbonyl (C=O) groups excluding carboxylic acids is 3. The second-order valence-corrected chi connectivity index (χ2v) is 4.67. The van der Waals surface area contributed by atoms with E-state index >= 15 is 0 Å². The summed E-state index contributed by atoms with van der Waals surface area (Å²) in [6, 6.07) is 10.5. The van der Waals surface area contributed by atoms with Crippen molar-refractivity contribution in [2.45, 2.75) is 13.3 Å². The predicted octanol–water partition coefficient (Wildman–Crippen LogP) is 3.49. The molecular weight excluding hydrogens is 294 g/mol. The molecule has 0 fully saturated rings. The van der Waals surface area contributed by atoms with Crippen molar-refractivity contribution in [3.63, 3.8) is 0 Å². The van der Waals surface area contributed by atoms with E-state index in [0.717, 1.165) is 11.1 Å². The van der Waals surface area contributed by atoms with Gasteiger partial charge in [-0.15, -0.1) is 0 Å². The van der Waals surface area contributed by atoms with E-state index in [1.54, 1.807) is 31.2 Å². The molecular formula is C17H11N3O3. The summed E-state index contributed by atoms with van der Waals surface area (Å²) >= 11 is 0. The monoisotopic (exact) mass is 305 g/mol. The third-order valence-electron chi connectivity index (χ3n) is 3.30. The van der Waals surface area contributed by atoms with Crippen LogP contribution < -0.4 is 0 Å². The number of nitrogens with zero attached hydrogens (tertiary/aromatic N) is 3. The molecule has 0 atom stereocenters. The van der Waals surface area contributed by atoms with Crippen LogP contribution in [-0.2, 0) is 20.8 Å². The van der Waals surface area contributed by atoms with Gasteiger partial charge < -0.3 is 0 Å². The summed E-state index contributed by atoms with van der Waals surface area (Å²) in [6.45, 7) is 1.70. The van der Waals surface area contributed by atoms with Gasteiger partial charge in [-0.05, 0) is 42.7 Å². The second-order valence-electron chi connectivity index (χ2n) is 4.67. The SMILES string of the molecule is Cc1c(N=C=O)cc(Cc2ccccc2N=C=O)cc1N=C=O. The minimum absolute atomic E-state index is 0.378. The highest BCUT2D eigenvalue weighted by Gasteiger charge is 2.09. The molecule has 112 valence electrons. The predicted molar refractivity (Wildman–Crippen MR) is 83.8 cm³/mol. The third kappa shape index (κ3) is 3.82. The average molecular weight is 305 g/mol. The largest absolute Gasteiger partial charge is 0.240 e. The van der Waals surface area contributed by atoms with Crippen LogP contribution in [-0.4, -0.2) is 18.2 Å². The van der Waals surface area contributed by atoms with Gasteiger partial charge in [0.1, 0.15) is 0 Å². The van der Waals surface area contributed by atoms with Crippen LogP contribution in [0.5, 0.6) is 0 Å². The summed E-state index contributed by atoms with van der Waals surface area (Å²) in [5.41, 5.74) is 3.39. The Hall–Kier alpha value is -3.42. The molecule has 6 heteroatoms. The minimum Gasteiger partial charge on any atom is -0.211 e. The highest BCUT2D eigenvalue weighted by Crippen LogP contribution is 2.32. The van der Waals surface area contributed by atoms with Crippen LogP contribution in [0.4, 0.5) is 17.1 Å². The Balaban J connectivity index is 2.54. The van der Waals surface area contributed by atoms with E-state index in [2.05, 4.69) is 15.0 Å². The summed E-state index contributed by atoms with van der Waals surface area (Å²) in [5.74, 6) is 0. The highest BCUT2D eigenvalue weighted by molar-refractivity contribution is 5.67. The molecule has 23 heavy (non-hydrogen) atoms. The van der Waals surface area contributed by atoms with Gasteiger partial charge in [0, 0.05) is 5.56 Å². The molecule has 0 aromatic heterocycles. The summed E-state index contributed by atoms with van der Waals surface area (Å²) in [4.78, 5) is 42.5. The fourth-order valence-corrected chi connectivity index (χ4v) is 2.21. The van der Waals surface area contributed by atoms with Crippen LogP contribution in [0.15, 0.2) is 51.4 Å². The van der Waals surface area contributed by atoms with E-state index in [1.807, 2.05) is 12.1 Å². The Morgan fingerprint density at radius 2 is 1.35 bits per heavy atom. The standard InChI is InChI=1S/C17H11N3O3/c1-12-16(19-10-22)7-13(8-17(12)20-11-23)6-14-4-2-3-5-15(14)18-9-21/h2-5,7-8H,6H2,1H3. The van der Waals surface area contributed by atoms with Gasteiger partial charge >= 0.3 is 0 Å². The lowest BCUT2D eigenvalue weighted by atomic mass is 10.00. The van der Waals surface area contributed by atoms with E-state index in [4.69, 9.17) is 0 Å². The smallest absolute Gasteiger partial charge is 0.211 e. The van der Waals surface area contributed by atoms with Gasteiger partial charge in [-0.3, -0.25) is 0 Å². The molecule has 0 amide bonds. The van der Waals surface area contributed by atoms with E-state index in [-0.39, 0.29) is 0 Å². The zero-order valence-corrected chi connectivity index (χ0v) is 12.2. The maximum atomic E-state index is 10.5. The normalized spacial score (nSPS) is 9.26. The first-order chi connectivity index (χ1) is 11.2. The van der Waals surface area contributed by atoms with Crippen LogP contribution in [0.1, 0.15) is 16.7 Å². The molecule has 0 saturated heterocycles. The van der Waals surface area contributed by atoms with Gasteiger partial charge in [0.25, 0.3) is 0 Å². The van der Waals surface area contributed by atoms with Gasteiger partial charge in [0.2, 0.25) is 18.2 Å². The average Bonchev–Trinajstić information content (AvgIpc) is 2.54. The topological polar surface area (TPSA) is 88.3 Å². The molecule has 0 aliphatic rings. The van der Waals surface area contributed by atoms with Gasteiger partial charge in [0.15, 0.2) is 0 Å². The zero-order chi connectivity index (χ0) is 16.7. The zero-order valence-electron chi connectivity index (χ0n) is 12.2. The first-order valence-electron chi connectivity index (χ1n) is 6.64. The summed E-state index contributed by atoms with van der Waals surface area (Å²) in [6.07, 6.45) is 4.90. The van der Waals surface area contributed by atoms with E-state index in [9.17, 15) is 14.4 Å². The second kappa shape index (κ2) is 7.55.